The fraction of sp³-hybridized carbons (Fsp3) is 0.0769. The quantitative estimate of drug-likeness (QED) is 0.650. The van der Waals surface area contributed by atoms with Gasteiger partial charge in [0.05, 0.1) is 5.56 Å². The van der Waals surface area contributed by atoms with Crippen molar-refractivity contribution in [3.63, 3.8) is 0 Å². The molecule has 0 N–H and O–H groups in total. The fourth-order valence-corrected chi connectivity index (χ4v) is 1.47. The van der Waals surface area contributed by atoms with E-state index in [2.05, 4.69) is 6.07 Å². The highest BCUT2D eigenvalue weighted by molar-refractivity contribution is 5.63. The molecule has 0 fully saturated rings. The Bertz CT molecular complexity index is 529. The molecule has 87 valence electrons. The topological polar surface area (TPSA) is 0 Å². The monoisotopic (exact) mass is 239 g/mol. The third-order valence-electron chi connectivity index (χ3n) is 2.26. The van der Waals surface area contributed by atoms with Crippen molar-refractivity contribution < 1.29 is 17.6 Å². The van der Waals surface area contributed by atoms with Crippen molar-refractivity contribution in [2.75, 3.05) is 0 Å². The molecule has 0 aliphatic heterocycles. The summed E-state index contributed by atoms with van der Waals surface area (Å²) in [4.78, 5) is 0. The lowest BCUT2D eigenvalue weighted by molar-refractivity contribution is -0.137. The van der Waals surface area contributed by atoms with Crippen molar-refractivity contribution >= 4 is 0 Å². The second-order valence-corrected chi connectivity index (χ2v) is 3.50. The van der Waals surface area contributed by atoms with Crippen LogP contribution in [0.25, 0.3) is 11.1 Å². The Kier molecular flexibility index (Phi) is 2.88. The molecule has 17 heavy (non-hydrogen) atoms. The molecule has 0 atom stereocenters. The molecular formula is C13H7F4. The summed E-state index contributed by atoms with van der Waals surface area (Å²) in [5.74, 6) is -0.504. The lowest BCUT2D eigenvalue weighted by Crippen LogP contribution is -2.04. The lowest BCUT2D eigenvalue weighted by atomic mass is 10.0. The van der Waals surface area contributed by atoms with Gasteiger partial charge in [0, 0.05) is 0 Å². The molecule has 2 aromatic rings. The first kappa shape index (κ1) is 11.6. The SMILES string of the molecule is Fc1cc[c]c(-c2cccc(C(F)(F)F)c2)c1. The highest BCUT2D eigenvalue weighted by Gasteiger charge is 2.30. The van der Waals surface area contributed by atoms with Crippen molar-refractivity contribution in [1.29, 1.82) is 0 Å². The van der Waals surface area contributed by atoms with Gasteiger partial charge < -0.3 is 0 Å². The van der Waals surface area contributed by atoms with Crippen LogP contribution in [0.5, 0.6) is 0 Å². The Hall–Kier alpha value is -1.84. The van der Waals surface area contributed by atoms with Crippen LogP contribution in [-0.4, -0.2) is 0 Å². The number of hydrogen-bond acceptors (Lipinski definition) is 0. The molecule has 0 unspecified atom stereocenters. The summed E-state index contributed by atoms with van der Waals surface area (Å²) >= 11 is 0. The van der Waals surface area contributed by atoms with E-state index in [9.17, 15) is 17.6 Å². The highest BCUT2D eigenvalue weighted by Crippen LogP contribution is 2.32. The van der Waals surface area contributed by atoms with Crippen LogP contribution in [0, 0.1) is 11.9 Å². The van der Waals surface area contributed by atoms with Crippen LogP contribution in [0.15, 0.2) is 42.5 Å². The molecule has 0 aliphatic rings. The van der Waals surface area contributed by atoms with Crippen molar-refractivity contribution in [3.8, 4) is 11.1 Å². The summed E-state index contributed by atoms with van der Waals surface area (Å²) < 4.78 is 50.4. The minimum atomic E-state index is -4.40. The van der Waals surface area contributed by atoms with Gasteiger partial charge in [-0.15, -0.1) is 0 Å². The Morgan fingerprint density at radius 1 is 1.00 bits per heavy atom. The molecule has 4 heteroatoms. The zero-order valence-electron chi connectivity index (χ0n) is 8.55. The molecule has 0 amide bonds. The van der Waals surface area contributed by atoms with Crippen molar-refractivity contribution in [2.24, 2.45) is 0 Å². The summed E-state index contributed by atoms with van der Waals surface area (Å²) in [6.45, 7) is 0. The van der Waals surface area contributed by atoms with Crippen LogP contribution < -0.4 is 0 Å². The van der Waals surface area contributed by atoms with Gasteiger partial charge in [0.15, 0.2) is 0 Å². The predicted octanol–water partition coefficient (Wildman–Crippen LogP) is 4.31. The minimum absolute atomic E-state index is 0.291. The lowest BCUT2D eigenvalue weighted by Gasteiger charge is -2.08. The number of rotatable bonds is 1. The first-order chi connectivity index (χ1) is 7.97. The van der Waals surface area contributed by atoms with Gasteiger partial charge in [0.2, 0.25) is 0 Å². The van der Waals surface area contributed by atoms with Gasteiger partial charge in [-0.2, -0.15) is 13.2 Å². The zero-order valence-corrected chi connectivity index (χ0v) is 8.55. The third-order valence-corrected chi connectivity index (χ3v) is 2.26. The first-order valence-electron chi connectivity index (χ1n) is 4.82. The largest absolute Gasteiger partial charge is 0.416 e. The fourth-order valence-electron chi connectivity index (χ4n) is 1.47. The summed E-state index contributed by atoms with van der Waals surface area (Å²) in [7, 11) is 0. The minimum Gasteiger partial charge on any atom is -0.207 e. The summed E-state index contributed by atoms with van der Waals surface area (Å²) in [6, 6.07) is 11.1. The normalized spacial score (nSPS) is 11.5. The van der Waals surface area contributed by atoms with Crippen LogP contribution in [0.3, 0.4) is 0 Å². The van der Waals surface area contributed by atoms with E-state index < -0.39 is 17.6 Å². The van der Waals surface area contributed by atoms with Crippen LogP contribution >= 0.6 is 0 Å². The zero-order chi connectivity index (χ0) is 12.5. The van der Waals surface area contributed by atoms with E-state index in [4.69, 9.17) is 0 Å². The number of halogens is 4. The van der Waals surface area contributed by atoms with Crippen LogP contribution in [0.2, 0.25) is 0 Å². The van der Waals surface area contributed by atoms with E-state index in [1.165, 1.54) is 24.3 Å². The summed E-state index contributed by atoms with van der Waals surface area (Å²) in [5, 5.41) is 0. The first-order valence-corrected chi connectivity index (χ1v) is 4.82. The Balaban J connectivity index is 2.47. The Morgan fingerprint density at radius 3 is 2.41 bits per heavy atom. The average Bonchev–Trinajstić information content (AvgIpc) is 2.28. The molecule has 2 rings (SSSR count). The molecule has 0 aromatic heterocycles. The standard InChI is InChI=1S/C13H7F4/c14-12-6-2-4-10(8-12)9-3-1-5-11(7-9)13(15,16)17/h1-3,5-8H. The predicted molar refractivity (Wildman–Crippen MR) is 55.7 cm³/mol. The van der Waals surface area contributed by atoms with Gasteiger partial charge in [-0.3, -0.25) is 0 Å². The Labute approximate surface area is 95.5 Å². The maximum absolute atomic E-state index is 12.9. The van der Waals surface area contributed by atoms with E-state index in [0.29, 0.717) is 11.1 Å². The maximum Gasteiger partial charge on any atom is 0.416 e. The van der Waals surface area contributed by atoms with Crippen molar-refractivity contribution in [2.45, 2.75) is 6.18 Å². The molecule has 0 heterocycles. The van der Waals surface area contributed by atoms with Crippen LogP contribution in [0.1, 0.15) is 5.56 Å². The molecule has 0 saturated heterocycles. The van der Waals surface area contributed by atoms with Gasteiger partial charge in [-0.1, -0.05) is 18.2 Å². The van der Waals surface area contributed by atoms with Gasteiger partial charge >= 0.3 is 6.18 Å². The van der Waals surface area contributed by atoms with Gasteiger partial charge in [-0.25, -0.2) is 4.39 Å². The summed E-state index contributed by atoms with van der Waals surface area (Å²) in [5.41, 5.74) is -0.164. The number of alkyl halides is 3. The molecule has 0 saturated carbocycles. The number of hydrogen-bond donors (Lipinski definition) is 0. The second-order valence-electron chi connectivity index (χ2n) is 3.50. The smallest absolute Gasteiger partial charge is 0.207 e. The highest BCUT2D eigenvalue weighted by atomic mass is 19.4. The molecule has 0 bridgehead atoms. The van der Waals surface area contributed by atoms with Gasteiger partial charge in [0.25, 0.3) is 0 Å². The van der Waals surface area contributed by atoms with E-state index in [1.807, 2.05) is 0 Å². The van der Waals surface area contributed by atoms with Crippen molar-refractivity contribution in [1.82, 2.24) is 0 Å². The van der Waals surface area contributed by atoms with Crippen LogP contribution in [-0.2, 0) is 6.18 Å². The van der Waals surface area contributed by atoms with Gasteiger partial charge in [0.1, 0.15) is 5.82 Å². The molecule has 0 aliphatic carbocycles. The maximum atomic E-state index is 12.9. The number of benzene rings is 2. The molecular weight excluding hydrogens is 232 g/mol. The van der Waals surface area contributed by atoms with Crippen molar-refractivity contribution in [3.05, 3.63) is 59.9 Å². The van der Waals surface area contributed by atoms with E-state index >= 15 is 0 Å². The second kappa shape index (κ2) is 4.20. The molecule has 0 spiro atoms. The van der Waals surface area contributed by atoms with Crippen LogP contribution in [0.4, 0.5) is 17.6 Å². The van der Waals surface area contributed by atoms with E-state index in [-0.39, 0.29) is 0 Å². The molecule has 0 nitrogen and oxygen atoms in total. The molecule has 1 radical (unpaired) electrons. The third kappa shape index (κ3) is 2.64. The van der Waals surface area contributed by atoms with E-state index in [1.54, 1.807) is 0 Å². The molecule has 2 aromatic carbocycles. The Morgan fingerprint density at radius 2 is 1.76 bits per heavy atom. The summed E-state index contributed by atoms with van der Waals surface area (Å²) in [6.07, 6.45) is -4.40. The van der Waals surface area contributed by atoms with E-state index in [0.717, 1.165) is 18.2 Å². The van der Waals surface area contributed by atoms with Gasteiger partial charge in [-0.05, 0) is 41.5 Å². The average molecular weight is 239 g/mol.